The van der Waals surface area contributed by atoms with E-state index in [0.29, 0.717) is 18.5 Å². The fourth-order valence-electron chi connectivity index (χ4n) is 1.89. The summed E-state index contributed by atoms with van der Waals surface area (Å²) in [7, 11) is 0. The molecule has 1 aromatic rings. The van der Waals surface area contributed by atoms with Crippen molar-refractivity contribution in [3.63, 3.8) is 0 Å². The molecule has 0 bridgehead atoms. The summed E-state index contributed by atoms with van der Waals surface area (Å²) in [6.45, 7) is 3.28. The summed E-state index contributed by atoms with van der Waals surface area (Å²) in [5.74, 6) is -1.52. The minimum atomic E-state index is -1.02. The van der Waals surface area contributed by atoms with Crippen LogP contribution in [0.1, 0.15) is 32.3 Å². The maximum atomic E-state index is 11.8. The Kier molecular flexibility index (Phi) is 6.39. The number of rotatable bonds is 7. The first kappa shape index (κ1) is 16.7. The Balaban J connectivity index is 2.57. The van der Waals surface area contributed by atoms with Crippen LogP contribution in [0.25, 0.3) is 0 Å². The second-order valence-electron chi connectivity index (χ2n) is 4.80. The van der Waals surface area contributed by atoms with Gasteiger partial charge in [-0.1, -0.05) is 25.5 Å². The average molecular weight is 292 g/mol. The summed E-state index contributed by atoms with van der Waals surface area (Å²) < 4.78 is 0. The molecule has 0 heterocycles. The van der Waals surface area contributed by atoms with E-state index in [4.69, 9.17) is 5.11 Å². The van der Waals surface area contributed by atoms with E-state index in [1.54, 1.807) is 24.3 Å². The average Bonchev–Trinajstić information content (AvgIpc) is 2.40. The number of benzene rings is 1. The molecule has 0 aliphatic heterocycles. The zero-order chi connectivity index (χ0) is 15.8. The Bertz CT molecular complexity index is 511. The van der Waals surface area contributed by atoms with Crippen LogP contribution in [0.4, 0.5) is 5.69 Å². The molecule has 0 saturated heterocycles. The van der Waals surface area contributed by atoms with Gasteiger partial charge in [0.25, 0.3) is 0 Å². The van der Waals surface area contributed by atoms with E-state index >= 15 is 0 Å². The smallest absolute Gasteiger partial charge is 0.326 e. The number of anilines is 1. The third-order valence-electron chi connectivity index (χ3n) is 2.85. The molecule has 0 aliphatic rings. The van der Waals surface area contributed by atoms with Gasteiger partial charge in [-0.3, -0.25) is 9.59 Å². The SMILES string of the molecule is CCC[C@@H](NC(=O)Cc1ccc(NC(C)=O)cc1)C(=O)O. The van der Waals surface area contributed by atoms with Gasteiger partial charge < -0.3 is 15.7 Å². The van der Waals surface area contributed by atoms with Crippen LogP contribution in [-0.2, 0) is 20.8 Å². The highest BCUT2D eigenvalue weighted by molar-refractivity contribution is 5.89. The molecule has 6 heteroatoms. The first-order chi connectivity index (χ1) is 9.92. The standard InChI is InChI=1S/C15H20N2O4/c1-3-4-13(15(20)21)17-14(19)9-11-5-7-12(8-6-11)16-10(2)18/h5-8,13H,3-4,9H2,1-2H3,(H,16,18)(H,17,19)(H,20,21)/t13-/m1/s1. The Labute approximate surface area is 123 Å². The summed E-state index contributed by atoms with van der Waals surface area (Å²) in [4.78, 5) is 33.7. The molecular weight excluding hydrogens is 272 g/mol. The molecule has 21 heavy (non-hydrogen) atoms. The lowest BCUT2D eigenvalue weighted by Crippen LogP contribution is -2.41. The predicted octanol–water partition coefficient (Wildman–Crippen LogP) is 1.56. The van der Waals surface area contributed by atoms with Crippen LogP contribution in [0.3, 0.4) is 0 Å². The van der Waals surface area contributed by atoms with Crippen molar-refractivity contribution < 1.29 is 19.5 Å². The van der Waals surface area contributed by atoms with Crippen molar-refractivity contribution in [3.8, 4) is 0 Å². The van der Waals surface area contributed by atoms with Crippen molar-refractivity contribution in [3.05, 3.63) is 29.8 Å². The number of carboxylic acids is 1. The van der Waals surface area contributed by atoms with Gasteiger partial charge >= 0.3 is 5.97 Å². The molecule has 1 atom stereocenters. The number of amides is 2. The fraction of sp³-hybridized carbons (Fsp3) is 0.400. The number of hydrogen-bond donors (Lipinski definition) is 3. The van der Waals surface area contributed by atoms with E-state index in [1.807, 2.05) is 6.92 Å². The molecule has 3 N–H and O–H groups in total. The van der Waals surface area contributed by atoms with Crippen LogP contribution >= 0.6 is 0 Å². The molecule has 0 saturated carbocycles. The molecule has 0 aromatic heterocycles. The predicted molar refractivity (Wildman–Crippen MR) is 78.9 cm³/mol. The highest BCUT2D eigenvalue weighted by Crippen LogP contribution is 2.10. The summed E-state index contributed by atoms with van der Waals surface area (Å²) in [6, 6.07) is 6.00. The number of hydrogen-bond acceptors (Lipinski definition) is 3. The molecule has 0 unspecified atom stereocenters. The van der Waals surface area contributed by atoms with Gasteiger partial charge in [0.15, 0.2) is 0 Å². The minimum Gasteiger partial charge on any atom is -0.480 e. The van der Waals surface area contributed by atoms with Crippen LogP contribution in [-0.4, -0.2) is 28.9 Å². The summed E-state index contributed by atoms with van der Waals surface area (Å²) >= 11 is 0. The van der Waals surface area contributed by atoms with Gasteiger partial charge in [0.05, 0.1) is 6.42 Å². The number of carbonyl (C=O) groups is 3. The molecular formula is C15H20N2O4. The van der Waals surface area contributed by atoms with Crippen molar-refractivity contribution in [2.75, 3.05) is 5.32 Å². The van der Waals surface area contributed by atoms with Crippen molar-refractivity contribution in [2.45, 2.75) is 39.2 Å². The number of nitrogens with one attached hydrogen (secondary N) is 2. The van der Waals surface area contributed by atoms with Gasteiger partial charge in [-0.25, -0.2) is 4.79 Å². The maximum Gasteiger partial charge on any atom is 0.326 e. The molecule has 0 fully saturated rings. The van der Waals surface area contributed by atoms with Gasteiger partial charge in [-0.15, -0.1) is 0 Å². The molecule has 1 rings (SSSR count). The largest absolute Gasteiger partial charge is 0.480 e. The fourth-order valence-corrected chi connectivity index (χ4v) is 1.89. The molecule has 2 amide bonds. The molecule has 0 radical (unpaired) electrons. The third kappa shape index (κ3) is 6.07. The van der Waals surface area contributed by atoms with E-state index in [-0.39, 0.29) is 18.2 Å². The zero-order valence-electron chi connectivity index (χ0n) is 12.2. The van der Waals surface area contributed by atoms with Crippen molar-refractivity contribution in [2.24, 2.45) is 0 Å². The normalized spacial score (nSPS) is 11.5. The Morgan fingerprint density at radius 2 is 1.81 bits per heavy atom. The maximum absolute atomic E-state index is 11.8. The van der Waals surface area contributed by atoms with Crippen molar-refractivity contribution in [1.29, 1.82) is 0 Å². The first-order valence-electron chi connectivity index (χ1n) is 6.81. The summed E-state index contributed by atoms with van der Waals surface area (Å²) in [5, 5.41) is 14.1. The van der Waals surface area contributed by atoms with Gasteiger partial charge in [0.2, 0.25) is 11.8 Å². The van der Waals surface area contributed by atoms with E-state index in [2.05, 4.69) is 10.6 Å². The van der Waals surface area contributed by atoms with E-state index < -0.39 is 12.0 Å². The molecule has 6 nitrogen and oxygen atoms in total. The monoisotopic (exact) mass is 292 g/mol. The highest BCUT2D eigenvalue weighted by atomic mass is 16.4. The van der Waals surface area contributed by atoms with Crippen LogP contribution in [0.2, 0.25) is 0 Å². The van der Waals surface area contributed by atoms with E-state index in [1.165, 1.54) is 6.92 Å². The quantitative estimate of drug-likeness (QED) is 0.710. The lowest BCUT2D eigenvalue weighted by molar-refractivity contribution is -0.141. The van der Waals surface area contributed by atoms with Gasteiger partial charge in [-0.2, -0.15) is 0 Å². The third-order valence-corrected chi connectivity index (χ3v) is 2.85. The Morgan fingerprint density at radius 1 is 1.19 bits per heavy atom. The Hall–Kier alpha value is -2.37. The van der Waals surface area contributed by atoms with Crippen LogP contribution in [0.15, 0.2) is 24.3 Å². The molecule has 0 aliphatic carbocycles. The van der Waals surface area contributed by atoms with Gasteiger partial charge in [-0.05, 0) is 24.1 Å². The zero-order valence-corrected chi connectivity index (χ0v) is 12.2. The van der Waals surface area contributed by atoms with Crippen LogP contribution < -0.4 is 10.6 Å². The van der Waals surface area contributed by atoms with Crippen LogP contribution in [0.5, 0.6) is 0 Å². The van der Waals surface area contributed by atoms with E-state index in [0.717, 1.165) is 5.56 Å². The highest BCUT2D eigenvalue weighted by Gasteiger charge is 2.18. The van der Waals surface area contributed by atoms with Crippen LogP contribution in [0, 0.1) is 0 Å². The first-order valence-corrected chi connectivity index (χ1v) is 6.81. The number of aliphatic carboxylic acids is 1. The summed E-state index contributed by atoms with van der Waals surface area (Å²) in [6.07, 6.45) is 1.19. The van der Waals surface area contributed by atoms with Crippen molar-refractivity contribution in [1.82, 2.24) is 5.32 Å². The molecule has 114 valence electrons. The van der Waals surface area contributed by atoms with Crippen molar-refractivity contribution >= 4 is 23.5 Å². The second kappa shape index (κ2) is 8.04. The summed E-state index contributed by atoms with van der Waals surface area (Å²) in [5.41, 5.74) is 1.41. The lowest BCUT2D eigenvalue weighted by atomic mass is 10.1. The van der Waals surface area contributed by atoms with E-state index in [9.17, 15) is 14.4 Å². The topological polar surface area (TPSA) is 95.5 Å². The molecule has 1 aromatic carbocycles. The second-order valence-corrected chi connectivity index (χ2v) is 4.80. The Morgan fingerprint density at radius 3 is 2.29 bits per heavy atom. The molecule has 0 spiro atoms. The number of carboxylic acid groups (broad SMARTS) is 1. The van der Waals surface area contributed by atoms with Gasteiger partial charge in [0.1, 0.15) is 6.04 Å². The number of carbonyl (C=O) groups excluding carboxylic acids is 2. The van der Waals surface area contributed by atoms with Gasteiger partial charge in [0, 0.05) is 12.6 Å². The lowest BCUT2D eigenvalue weighted by Gasteiger charge is -2.13. The minimum absolute atomic E-state index is 0.105.